The van der Waals surface area contributed by atoms with E-state index in [4.69, 9.17) is 11.6 Å². The van der Waals surface area contributed by atoms with Gasteiger partial charge in [0.05, 0.1) is 10.6 Å². The van der Waals surface area contributed by atoms with Crippen molar-refractivity contribution in [2.24, 2.45) is 0 Å². The van der Waals surface area contributed by atoms with Crippen LogP contribution in [0.5, 0.6) is 0 Å². The summed E-state index contributed by atoms with van der Waals surface area (Å²) < 4.78 is 28.7. The number of amides is 2. The molecule has 3 aromatic rings. The standard InChI is InChI=1S/C29H34ClN3O4S/c1-21(2)31-29(35)23(4)32(18-17-24-11-7-5-8-12-24)28(34)20-33(27-19-25(30)16-15-22(27)3)38(36,37)26-13-9-6-10-14-26/h5-16,19,21,23H,17-18,20H2,1-4H3,(H,31,35)/t23-/m1/s1. The molecule has 38 heavy (non-hydrogen) atoms. The highest BCUT2D eigenvalue weighted by Crippen LogP contribution is 2.29. The number of aryl methyl sites for hydroxylation is 1. The normalized spacial score (nSPS) is 12.2. The molecule has 202 valence electrons. The van der Waals surface area contributed by atoms with Crippen molar-refractivity contribution < 1.29 is 18.0 Å². The highest BCUT2D eigenvalue weighted by Gasteiger charge is 2.33. The molecule has 0 aromatic heterocycles. The van der Waals surface area contributed by atoms with Crippen LogP contribution in [-0.4, -0.2) is 50.3 Å². The van der Waals surface area contributed by atoms with Crippen molar-refractivity contribution in [2.75, 3.05) is 17.4 Å². The van der Waals surface area contributed by atoms with E-state index in [0.717, 1.165) is 9.87 Å². The second kappa shape index (κ2) is 12.9. The van der Waals surface area contributed by atoms with Crippen LogP contribution in [0.2, 0.25) is 5.02 Å². The Morgan fingerprint density at radius 1 is 0.921 bits per heavy atom. The van der Waals surface area contributed by atoms with Crippen molar-refractivity contribution >= 4 is 39.1 Å². The van der Waals surface area contributed by atoms with Gasteiger partial charge in [-0.05, 0) is 69.5 Å². The van der Waals surface area contributed by atoms with Gasteiger partial charge in [-0.1, -0.05) is 66.2 Å². The van der Waals surface area contributed by atoms with Gasteiger partial charge in [0.1, 0.15) is 12.6 Å². The molecule has 0 spiro atoms. The van der Waals surface area contributed by atoms with Gasteiger partial charge in [-0.15, -0.1) is 0 Å². The number of sulfonamides is 1. The number of rotatable bonds is 11. The average Bonchev–Trinajstić information content (AvgIpc) is 2.89. The van der Waals surface area contributed by atoms with Gasteiger partial charge in [-0.2, -0.15) is 0 Å². The fourth-order valence-electron chi connectivity index (χ4n) is 4.06. The molecule has 9 heteroatoms. The van der Waals surface area contributed by atoms with E-state index in [1.54, 1.807) is 44.2 Å². The Balaban J connectivity index is 2.01. The van der Waals surface area contributed by atoms with Gasteiger partial charge in [0.15, 0.2) is 0 Å². The molecule has 0 saturated heterocycles. The van der Waals surface area contributed by atoms with Crippen molar-refractivity contribution in [3.8, 4) is 0 Å². The van der Waals surface area contributed by atoms with Crippen LogP contribution in [0.1, 0.15) is 31.9 Å². The number of hydrogen-bond donors (Lipinski definition) is 1. The number of carbonyl (C=O) groups excluding carboxylic acids is 2. The molecule has 3 aromatic carbocycles. The van der Waals surface area contributed by atoms with E-state index in [0.29, 0.717) is 22.7 Å². The summed E-state index contributed by atoms with van der Waals surface area (Å²) in [6.45, 7) is 6.85. The quantitative estimate of drug-likeness (QED) is 0.367. The van der Waals surface area contributed by atoms with Gasteiger partial charge in [-0.25, -0.2) is 8.42 Å². The summed E-state index contributed by atoms with van der Waals surface area (Å²) in [6, 6.07) is 21.6. The smallest absolute Gasteiger partial charge is 0.264 e. The zero-order valence-electron chi connectivity index (χ0n) is 22.1. The summed E-state index contributed by atoms with van der Waals surface area (Å²) in [7, 11) is -4.13. The molecule has 0 fully saturated rings. The minimum Gasteiger partial charge on any atom is -0.352 e. The molecule has 2 amide bonds. The van der Waals surface area contributed by atoms with Crippen molar-refractivity contribution in [1.29, 1.82) is 0 Å². The lowest BCUT2D eigenvalue weighted by Crippen LogP contribution is -2.53. The van der Waals surface area contributed by atoms with Crippen LogP contribution in [0.3, 0.4) is 0 Å². The number of benzene rings is 3. The molecular formula is C29H34ClN3O4S. The lowest BCUT2D eigenvalue weighted by Gasteiger charge is -2.32. The lowest BCUT2D eigenvalue weighted by molar-refractivity contribution is -0.139. The minimum atomic E-state index is -4.13. The molecule has 0 aliphatic rings. The second-order valence-electron chi connectivity index (χ2n) is 9.42. The van der Waals surface area contributed by atoms with E-state index in [1.807, 2.05) is 44.2 Å². The van der Waals surface area contributed by atoms with Gasteiger partial charge in [0.2, 0.25) is 11.8 Å². The summed E-state index contributed by atoms with van der Waals surface area (Å²) in [4.78, 5) is 28.3. The summed E-state index contributed by atoms with van der Waals surface area (Å²) in [5.74, 6) is -0.802. The fourth-order valence-corrected chi connectivity index (χ4v) is 5.72. The zero-order valence-corrected chi connectivity index (χ0v) is 23.7. The van der Waals surface area contributed by atoms with Crippen molar-refractivity contribution in [1.82, 2.24) is 10.2 Å². The van der Waals surface area contributed by atoms with Crippen molar-refractivity contribution in [3.05, 3.63) is 95.0 Å². The Bertz CT molecular complexity index is 1350. The van der Waals surface area contributed by atoms with Gasteiger partial charge >= 0.3 is 0 Å². The third-order valence-electron chi connectivity index (χ3n) is 6.13. The summed E-state index contributed by atoms with van der Waals surface area (Å²) in [6.07, 6.45) is 0.507. The van der Waals surface area contributed by atoms with E-state index in [-0.39, 0.29) is 23.4 Å². The van der Waals surface area contributed by atoms with E-state index in [2.05, 4.69) is 5.32 Å². The first-order chi connectivity index (χ1) is 18.0. The van der Waals surface area contributed by atoms with Crippen LogP contribution in [0.25, 0.3) is 0 Å². The molecule has 0 unspecified atom stereocenters. The van der Waals surface area contributed by atoms with E-state index >= 15 is 0 Å². The highest BCUT2D eigenvalue weighted by atomic mass is 35.5. The molecule has 0 saturated carbocycles. The van der Waals surface area contributed by atoms with E-state index < -0.39 is 28.5 Å². The Kier molecular flexibility index (Phi) is 9.94. The predicted octanol–water partition coefficient (Wildman–Crippen LogP) is 4.83. The minimum absolute atomic E-state index is 0.0496. The predicted molar refractivity (Wildman–Crippen MR) is 152 cm³/mol. The fraction of sp³-hybridized carbons (Fsp3) is 0.310. The lowest BCUT2D eigenvalue weighted by atomic mass is 10.1. The Morgan fingerprint density at radius 3 is 2.13 bits per heavy atom. The summed E-state index contributed by atoms with van der Waals surface area (Å²) >= 11 is 6.24. The molecule has 3 rings (SSSR count). The number of anilines is 1. The Morgan fingerprint density at radius 2 is 1.53 bits per heavy atom. The highest BCUT2D eigenvalue weighted by molar-refractivity contribution is 7.92. The van der Waals surface area contributed by atoms with Crippen LogP contribution in [0.15, 0.2) is 83.8 Å². The maximum absolute atomic E-state index is 13.9. The molecule has 0 radical (unpaired) electrons. The number of carbonyl (C=O) groups is 2. The average molecular weight is 556 g/mol. The van der Waals surface area contributed by atoms with Crippen LogP contribution >= 0.6 is 11.6 Å². The van der Waals surface area contributed by atoms with Crippen LogP contribution in [0, 0.1) is 6.92 Å². The first-order valence-electron chi connectivity index (χ1n) is 12.5. The largest absolute Gasteiger partial charge is 0.352 e. The molecule has 0 bridgehead atoms. The topological polar surface area (TPSA) is 86.8 Å². The van der Waals surface area contributed by atoms with Crippen molar-refractivity contribution in [3.63, 3.8) is 0 Å². The maximum Gasteiger partial charge on any atom is 0.264 e. The molecule has 0 heterocycles. The number of halogens is 1. The molecular weight excluding hydrogens is 522 g/mol. The molecule has 1 atom stereocenters. The zero-order chi connectivity index (χ0) is 27.9. The van der Waals surface area contributed by atoms with Crippen LogP contribution in [0.4, 0.5) is 5.69 Å². The van der Waals surface area contributed by atoms with Gasteiger partial charge < -0.3 is 10.2 Å². The summed E-state index contributed by atoms with van der Waals surface area (Å²) in [5, 5.41) is 3.20. The van der Waals surface area contributed by atoms with Gasteiger partial charge in [0.25, 0.3) is 10.0 Å². The molecule has 0 aliphatic heterocycles. The van der Waals surface area contributed by atoms with Gasteiger partial charge in [0, 0.05) is 17.6 Å². The molecule has 7 nitrogen and oxygen atoms in total. The SMILES string of the molecule is Cc1ccc(Cl)cc1N(CC(=O)N(CCc1ccccc1)[C@H](C)C(=O)NC(C)C)S(=O)(=O)c1ccccc1. The van der Waals surface area contributed by atoms with Gasteiger partial charge in [-0.3, -0.25) is 13.9 Å². The summed E-state index contributed by atoms with van der Waals surface area (Å²) in [5.41, 5.74) is 1.95. The number of nitrogens with one attached hydrogen (secondary N) is 1. The number of hydrogen-bond acceptors (Lipinski definition) is 4. The first kappa shape index (κ1) is 29.2. The monoisotopic (exact) mass is 555 g/mol. The second-order valence-corrected chi connectivity index (χ2v) is 11.7. The van der Waals surface area contributed by atoms with E-state index in [9.17, 15) is 18.0 Å². The van der Waals surface area contributed by atoms with Crippen molar-refractivity contribution in [2.45, 2.75) is 51.1 Å². The third-order valence-corrected chi connectivity index (χ3v) is 8.14. The Hall–Kier alpha value is -3.36. The Labute approximate surface area is 230 Å². The van der Waals surface area contributed by atoms with Crippen LogP contribution in [-0.2, 0) is 26.0 Å². The van der Waals surface area contributed by atoms with E-state index in [1.165, 1.54) is 23.1 Å². The third kappa shape index (κ3) is 7.36. The van der Waals surface area contributed by atoms with Crippen LogP contribution < -0.4 is 9.62 Å². The first-order valence-corrected chi connectivity index (χ1v) is 14.3. The molecule has 1 N–H and O–H groups in total. The maximum atomic E-state index is 13.9. The number of nitrogens with zero attached hydrogens (tertiary/aromatic N) is 2. The molecule has 0 aliphatic carbocycles.